The average Bonchev–Trinajstić information content (AvgIpc) is 3.09. The summed E-state index contributed by atoms with van der Waals surface area (Å²) in [6.07, 6.45) is 2.73. The summed E-state index contributed by atoms with van der Waals surface area (Å²) in [4.78, 5) is 18.0. The van der Waals surface area contributed by atoms with Crippen LogP contribution in [0.1, 0.15) is 22.5 Å². The molecule has 166 valence electrons. The SMILES string of the molecule is Cc1cccnc1S(=O)(=O)Nc1cc(OCCCS(C)(=O)=O)cc2cc(C(=O)O)[nH]c12. The summed E-state index contributed by atoms with van der Waals surface area (Å²) >= 11 is 0. The predicted molar refractivity (Wildman–Crippen MR) is 115 cm³/mol. The highest BCUT2D eigenvalue weighted by Crippen LogP contribution is 2.31. The van der Waals surface area contributed by atoms with Crippen molar-refractivity contribution in [1.29, 1.82) is 0 Å². The molecule has 0 aliphatic rings. The van der Waals surface area contributed by atoms with Crippen molar-refractivity contribution in [2.75, 3.05) is 23.3 Å². The van der Waals surface area contributed by atoms with Gasteiger partial charge in [-0.1, -0.05) is 6.07 Å². The maximum absolute atomic E-state index is 12.9. The molecule has 0 spiro atoms. The zero-order valence-corrected chi connectivity index (χ0v) is 18.4. The second kappa shape index (κ2) is 8.55. The Labute approximate surface area is 179 Å². The molecule has 0 fully saturated rings. The van der Waals surface area contributed by atoms with Crippen molar-refractivity contribution in [3.63, 3.8) is 0 Å². The molecule has 10 nitrogen and oxygen atoms in total. The molecule has 2 aromatic heterocycles. The van der Waals surface area contributed by atoms with Crippen LogP contribution in [0.15, 0.2) is 41.6 Å². The highest BCUT2D eigenvalue weighted by atomic mass is 32.2. The molecule has 0 aliphatic heterocycles. The number of nitrogens with one attached hydrogen (secondary N) is 2. The number of aromatic amines is 1. The van der Waals surface area contributed by atoms with Crippen molar-refractivity contribution in [3.8, 4) is 5.75 Å². The van der Waals surface area contributed by atoms with Crippen LogP contribution >= 0.6 is 0 Å². The van der Waals surface area contributed by atoms with Crippen molar-refractivity contribution in [3.05, 3.63) is 47.8 Å². The summed E-state index contributed by atoms with van der Waals surface area (Å²) in [5.41, 5.74) is 0.655. The van der Waals surface area contributed by atoms with Gasteiger partial charge in [-0.15, -0.1) is 0 Å². The molecule has 0 bridgehead atoms. The number of hydrogen-bond acceptors (Lipinski definition) is 7. The zero-order valence-electron chi connectivity index (χ0n) is 16.7. The van der Waals surface area contributed by atoms with Crippen LogP contribution in [0.3, 0.4) is 0 Å². The summed E-state index contributed by atoms with van der Waals surface area (Å²) in [6.45, 7) is 1.69. The topological polar surface area (TPSA) is 156 Å². The minimum atomic E-state index is -4.07. The fraction of sp³-hybridized carbons (Fsp3) is 0.263. The molecular formula is C19H21N3O7S2. The number of nitrogens with zero attached hydrogens (tertiary/aromatic N) is 1. The fourth-order valence-corrected chi connectivity index (χ4v) is 4.83. The van der Waals surface area contributed by atoms with Gasteiger partial charge in [0.2, 0.25) is 0 Å². The van der Waals surface area contributed by atoms with Crippen LogP contribution in [-0.4, -0.2) is 56.5 Å². The van der Waals surface area contributed by atoms with Crippen LogP contribution < -0.4 is 9.46 Å². The first-order chi connectivity index (χ1) is 14.5. The third-order valence-corrected chi connectivity index (χ3v) is 6.78. The smallest absolute Gasteiger partial charge is 0.352 e. The highest BCUT2D eigenvalue weighted by molar-refractivity contribution is 7.92. The molecule has 0 atom stereocenters. The van der Waals surface area contributed by atoms with Gasteiger partial charge in [0.15, 0.2) is 5.03 Å². The molecule has 1 aromatic carbocycles. The van der Waals surface area contributed by atoms with Crippen molar-refractivity contribution in [1.82, 2.24) is 9.97 Å². The van der Waals surface area contributed by atoms with Gasteiger partial charge in [0, 0.05) is 23.9 Å². The molecule has 0 amide bonds. The number of aromatic carboxylic acids is 1. The number of carboxylic acid groups (broad SMARTS) is 1. The number of fused-ring (bicyclic) bond motifs is 1. The van der Waals surface area contributed by atoms with Gasteiger partial charge in [-0.25, -0.2) is 18.2 Å². The van der Waals surface area contributed by atoms with Gasteiger partial charge in [0.1, 0.15) is 21.3 Å². The van der Waals surface area contributed by atoms with Gasteiger partial charge >= 0.3 is 5.97 Å². The Morgan fingerprint density at radius 1 is 1.23 bits per heavy atom. The lowest BCUT2D eigenvalue weighted by molar-refractivity contribution is 0.0691. The number of sulfonamides is 1. The molecule has 12 heteroatoms. The maximum atomic E-state index is 12.9. The van der Waals surface area contributed by atoms with Crippen LogP contribution in [0, 0.1) is 6.92 Å². The van der Waals surface area contributed by atoms with Crippen molar-refractivity contribution in [2.45, 2.75) is 18.4 Å². The Morgan fingerprint density at radius 3 is 2.61 bits per heavy atom. The van der Waals surface area contributed by atoms with E-state index in [4.69, 9.17) is 4.74 Å². The molecule has 0 unspecified atom stereocenters. The first-order valence-corrected chi connectivity index (χ1v) is 12.7. The van der Waals surface area contributed by atoms with Crippen molar-refractivity contribution >= 4 is 42.4 Å². The quantitative estimate of drug-likeness (QED) is 0.404. The summed E-state index contributed by atoms with van der Waals surface area (Å²) in [7, 11) is -7.21. The van der Waals surface area contributed by atoms with Gasteiger partial charge in [-0.05, 0) is 37.1 Å². The van der Waals surface area contributed by atoms with E-state index in [-0.39, 0.29) is 46.5 Å². The van der Waals surface area contributed by atoms with E-state index in [0.717, 1.165) is 6.26 Å². The molecular weight excluding hydrogens is 446 g/mol. The molecule has 0 aliphatic carbocycles. The van der Waals surface area contributed by atoms with E-state index in [1.807, 2.05) is 0 Å². The number of pyridine rings is 1. The Kier molecular flexibility index (Phi) is 6.23. The number of ether oxygens (including phenoxy) is 1. The first-order valence-electron chi connectivity index (χ1n) is 9.11. The van der Waals surface area contributed by atoms with Crippen LogP contribution in [0.4, 0.5) is 5.69 Å². The molecule has 0 saturated heterocycles. The first kappa shape index (κ1) is 22.6. The Balaban J connectivity index is 1.98. The summed E-state index contributed by atoms with van der Waals surface area (Å²) in [5.74, 6) is -1.00. The maximum Gasteiger partial charge on any atom is 0.352 e. The lowest BCUT2D eigenvalue weighted by Gasteiger charge is -2.13. The van der Waals surface area contributed by atoms with Gasteiger partial charge in [-0.2, -0.15) is 8.42 Å². The largest absolute Gasteiger partial charge is 0.493 e. The van der Waals surface area contributed by atoms with Crippen molar-refractivity contribution in [2.24, 2.45) is 0 Å². The lowest BCUT2D eigenvalue weighted by Crippen LogP contribution is -2.16. The average molecular weight is 468 g/mol. The Hall–Kier alpha value is -3.12. The second-order valence-electron chi connectivity index (χ2n) is 6.99. The number of aromatic nitrogens is 2. The number of aryl methyl sites for hydroxylation is 1. The third-order valence-electron chi connectivity index (χ3n) is 4.32. The summed E-state index contributed by atoms with van der Waals surface area (Å²) in [6, 6.07) is 7.52. The molecule has 2 heterocycles. The Morgan fingerprint density at radius 2 is 1.97 bits per heavy atom. The number of hydrogen-bond donors (Lipinski definition) is 3. The summed E-state index contributed by atoms with van der Waals surface area (Å²) in [5, 5.41) is 9.53. The number of H-pyrrole nitrogens is 1. The van der Waals surface area contributed by atoms with E-state index in [9.17, 15) is 26.7 Å². The van der Waals surface area contributed by atoms with E-state index in [2.05, 4.69) is 14.7 Å². The number of benzene rings is 1. The van der Waals surface area contributed by atoms with Crippen LogP contribution in [0.2, 0.25) is 0 Å². The minimum absolute atomic E-state index is 0.0546. The zero-order chi connectivity index (χ0) is 22.8. The highest BCUT2D eigenvalue weighted by Gasteiger charge is 2.21. The normalized spacial score (nSPS) is 12.1. The Bertz CT molecular complexity index is 1350. The van der Waals surface area contributed by atoms with Crippen molar-refractivity contribution < 1.29 is 31.5 Å². The van der Waals surface area contributed by atoms with Crippen LogP contribution in [0.5, 0.6) is 5.75 Å². The van der Waals surface area contributed by atoms with Gasteiger partial charge in [-0.3, -0.25) is 4.72 Å². The number of carbonyl (C=O) groups is 1. The number of sulfone groups is 1. The fourth-order valence-electron chi connectivity index (χ4n) is 2.95. The number of rotatable bonds is 9. The van der Waals surface area contributed by atoms with Gasteiger partial charge < -0.3 is 14.8 Å². The predicted octanol–water partition coefficient (Wildman–Crippen LogP) is 2.18. The molecule has 3 N–H and O–H groups in total. The van der Waals surface area contributed by atoms with E-state index >= 15 is 0 Å². The van der Waals surface area contributed by atoms with Gasteiger partial charge in [0.25, 0.3) is 10.0 Å². The molecule has 3 aromatic rings. The molecule has 0 saturated carbocycles. The minimum Gasteiger partial charge on any atom is -0.493 e. The molecule has 0 radical (unpaired) electrons. The van der Waals surface area contributed by atoms with E-state index < -0.39 is 25.8 Å². The lowest BCUT2D eigenvalue weighted by atomic mass is 10.2. The monoisotopic (exact) mass is 467 g/mol. The number of anilines is 1. The van der Waals surface area contributed by atoms with E-state index in [1.165, 1.54) is 18.3 Å². The molecule has 3 rings (SSSR count). The van der Waals surface area contributed by atoms with E-state index in [0.29, 0.717) is 10.9 Å². The number of carboxylic acids is 1. The standard InChI is InChI=1S/C19H21N3O7S2/c1-12-5-3-6-20-18(12)31(27,28)22-15-11-14(29-7-4-8-30(2,25)26)9-13-10-16(19(23)24)21-17(13)15/h3,5-6,9-11,21-22H,4,7-8H2,1-2H3,(H,23,24). The van der Waals surface area contributed by atoms with E-state index in [1.54, 1.807) is 25.1 Å². The van der Waals surface area contributed by atoms with Gasteiger partial charge in [0.05, 0.1) is 23.6 Å². The summed E-state index contributed by atoms with van der Waals surface area (Å²) < 4.78 is 56.3. The van der Waals surface area contributed by atoms with Crippen LogP contribution in [0.25, 0.3) is 10.9 Å². The third kappa shape index (κ3) is 5.52. The van der Waals surface area contributed by atoms with Crippen LogP contribution in [-0.2, 0) is 19.9 Å². The molecule has 31 heavy (non-hydrogen) atoms. The second-order valence-corrected chi connectivity index (χ2v) is 10.8.